The molecule has 6 heteroatoms. The van der Waals surface area contributed by atoms with Gasteiger partial charge in [-0.2, -0.15) is 0 Å². The van der Waals surface area contributed by atoms with E-state index in [0.717, 1.165) is 5.47 Å². The molecular formula is C17H23BFNO3. The van der Waals surface area contributed by atoms with Gasteiger partial charge in [0, 0.05) is 12.1 Å². The fraction of sp³-hybridized carbons (Fsp3) is 0.471. The molecule has 0 atom stereocenters. The van der Waals surface area contributed by atoms with Crippen LogP contribution in [0.4, 0.5) is 4.39 Å². The second-order valence-corrected chi connectivity index (χ2v) is 6.71. The van der Waals surface area contributed by atoms with Crippen LogP contribution in [0, 0.1) is 5.82 Å². The lowest BCUT2D eigenvalue weighted by atomic mass is 9.77. The highest BCUT2D eigenvalue weighted by atomic mass is 19.1. The second-order valence-electron chi connectivity index (χ2n) is 6.71. The van der Waals surface area contributed by atoms with Gasteiger partial charge >= 0.3 is 7.12 Å². The first-order valence-corrected chi connectivity index (χ1v) is 7.66. The summed E-state index contributed by atoms with van der Waals surface area (Å²) in [5.74, 6) is -0.535. The van der Waals surface area contributed by atoms with Crippen LogP contribution in [0.1, 0.15) is 43.6 Å². The average molecular weight is 319 g/mol. The lowest BCUT2D eigenvalue weighted by Crippen LogP contribution is -2.41. The number of carbonyl (C=O) groups is 1. The standard InChI is InChI=1S/C17H23BFNO3/c1-16(2)17(3,4)23-18(22-16)14(10-20-5)9-12-7-6-8-13(11-21)15(12)19/h6-9,11,20H,10H2,1-5H3. The summed E-state index contributed by atoms with van der Waals surface area (Å²) in [4.78, 5) is 10.9. The molecule has 1 fully saturated rings. The van der Waals surface area contributed by atoms with Crippen molar-refractivity contribution in [1.82, 2.24) is 5.32 Å². The molecule has 0 aromatic heterocycles. The van der Waals surface area contributed by atoms with E-state index in [-0.39, 0.29) is 5.56 Å². The zero-order valence-corrected chi connectivity index (χ0v) is 14.3. The number of halogens is 1. The number of hydrogen-bond donors (Lipinski definition) is 1. The van der Waals surface area contributed by atoms with Crippen LogP contribution in [-0.4, -0.2) is 38.2 Å². The van der Waals surface area contributed by atoms with Gasteiger partial charge in [0.15, 0.2) is 6.29 Å². The van der Waals surface area contributed by atoms with E-state index in [1.165, 1.54) is 6.07 Å². The highest BCUT2D eigenvalue weighted by Gasteiger charge is 2.52. The molecular weight excluding hydrogens is 296 g/mol. The Labute approximate surface area is 137 Å². The first kappa shape index (κ1) is 17.9. The monoisotopic (exact) mass is 319 g/mol. The van der Waals surface area contributed by atoms with E-state index in [9.17, 15) is 9.18 Å². The van der Waals surface area contributed by atoms with Crippen molar-refractivity contribution in [3.8, 4) is 0 Å². The predicted octanol–water partition coefficient (Wildman–Crippen LogP) is 2.87. The van der Waals surface area contributed by atoms with Gasteiger partial charge in [0.1, 0.15) is 5.82 Å². The van der Waals surface area contributed by atoms with Crippen LogP contribution in [0.25, 0.3) is 6.08 Å². The normalized spacial score (nSPS) is 19.9. The molecule has 1 aliphatic rings. The molecule has 1 saturated heterocycles. The van der Waals surface area contributed by atoms with Crippen molar-refractivity contribution in [1.29, 1.82) is 0 Å². The summed E-state index contributed by atoms with van der Waals surface area (Å²) in [5, 5.41) is 3.05. The predicted molar refractivity (Wildman–Crippen MR) is 89.8 cm³/mol. The topological polar surface area (TPSA) is 47.6 Å². The van der Waals surface area contributed by atoms with Gasteiger partial charge < -0.3 is 14.6 Å². The molecule has 1 N–H and O–H groups in total. The summed E-state index contributed by atoms with van der Waals surface area (Å²) in [6.45, 7) is 8.37. The fourth-order valence-electron chi connectivity index (χ4n) is 2.37. The van der Waals surface area contributed by atoms with Crippen LogP contribution < -0.4 is 5.32 Å². The molecule has 1 aliphatic heterocycles. The molecule has 0 amide bonds. The average Bonchev–Trinajstić information content (AvgIpc) is 2.69. The van der Waals surface area contributed by atoms with Crippen LogP contribution in [0.5, 0.6) is 0 Å². The van der Waals surface area contributed by atoms with Gasteiger partial charge in [-0.05, 0) is 46.3 Å². The molecule has 1 aromatic rings. The number of nitrogens with one attached hydrogen (secondary N) is 1. The van der Waals surface area contributed by atoms with Crippen LogP contribution in [0.2, 0.25) is 0 Å². The van der Waals surface area contributed by atoms with E-state index in [2.05, 4.69) is 5.32 Å². The number of carbonyl (C=O) groups excluding carboxylic acids is 1. The minimum atomic E-state index is -0.563. The van der Waals surface area contributed by atoms with E-state index >= 15 is 0 Å². The van der Waals surface area contributed by atoms with E-state index in [1.54, 1.807) is 25.3 Å². The van der Waals surface area contributed by atoms with E-state index in [1.807, 2.05) is 27.7 Å². The van der Waals surface area contributed by atoms with Crippen LogP contribution in [-0.2, 0) is 9.31 Å². The Balaban J connectivity index is 2.38. The molecule has 0 saturated carbocycles. The Bertz CT molecular complexity index is 612. The molecule has 0 spiro atoms. The second kappa shape index (κ2) is 6.55. The molecule has 0 radical (unpaired) electrons. The summed E-state index contributed by atoms with van der Waals surface area (Å²) in [6, 6.07) is 4.73. The summed E-state index contributed by atoms with van der Waals surface area (Å²) >= 11 is 0. The summed E-state index contributed by atoms with van der Waals surface area (Å²) in [6.07, 6.45) is 2.19. The van der Waals surface area contributed by atoms with Crippen molar-refractivity contribution in [3.63, 3.8) is 0 Å². The third kappa shape index (κ3) is 3.55. The van der Waals surface area contributed by atoms with Gasteiger partial charge in [-0.3, -0.25) is 4.79 Å². The molecule has 0 aliphatic carbocycles. The Morgan fingerprint density at radius 1 is 1.22 bits per heavy atom. The number of benzene rings is 1. The smallest absolute Gasteiger partial charge is 0.400 e. The third-order valence-electron chi connectivity index (χ3n) is 4.46. The Hall–Kier alpha value is -1.50. The zero-order valence-electron chi connectivity index (χ0n) is 14.3. The summed E-state index contributed by atoms with van der Waals surface area (Å²) in [5.41, 5.74) is 0.223. The maximum absolute atomic E-state index is 14.3. The lowest BCUT2D eigenvalue weighted by Gasteiger charge is -2.32. The minimum Gasteiger partial charge on any atom is -0.400 e. The van der Waals surface area contributed by atoms with Crippen LogP contribution in [0.15, 0.2) is 23.7 Å². The summed E-state index contributed by atoms with van der Waals surface area (Å²) in [7, 11) is 1.24. The molecule has 124 valence electrons. The highest BCUT2D eigenvalue weighted by Crippen LogP contribution is 2.38. The molecule has 1 aromatic carbocycles. The maximum atomic E-state index is 14.3. The Morgan fingerprint density at radius 2 is 1.78 bits per heavy atom. The van der Waals surface area contributed by atoms with E-state index in [0.29, 0.717) is 18.4 Å². The van der Waals surface area contributed by atoms with Gasteiger partial charge in [-0.25, -0.2) is 4.39 Å². The van der Waals surface area contributed by atoms with Gasteiger partial charge in [-0.1, -0.05) is 18.2 Å². The zero-order chi connectivity index (χ0) is 17.3. The Kier molecular flexibility index (Phi) is 5.09. The molecule has 23 heavy (non-hydrogen) atoms. The summed E-state index contributed by atoms with van der Waals surface area (Å²) < 4.78 is 26.3. The fourth-order valence-corrected chi connectivity index (χ4v) is 2.37. The molecule has 0 bridgehead atoms. The van der Waals surface area contributed by atoms with Crippen molar-refractivity contribution in [3.05, 3.63) is 40.6 Å². The van der Waals surface area contributed by atoms with Crippen LogP contribution >= 0.6 is 0 Å². The maximum Gasteiger partial charge on any atom is 0.491 e. The van der Waals surface area contributed by atoms with Crippen molar-refractivity contribution in [2.45, 2.75) is 38.9 Å². The van der Waals surface area contributed by atoms with Crippen molar-refractivity contribution in [2.75, 3.05) is 13.6 Å². The Morgan fingerprint density at radius 3 is 2.30 bits per heavy atom. The third-order valence-corrected chi connectivity index (χ3v) is 4.46. The highest BCUT2D eigenvalue weighted by molar-refractivity contribution is 6.55. The van der Waals surface area contributed by atoms with Crippen LogP contribution in [0.3, 0.4) is 0 Å². The van der Waals surface area contributed by atoms with Gasteiger partial charge in [0.2, 0.25) is 0 Å². The number of likely N-dealkylation sites (N-methyl/N-ethyl adjacent to an activating group) is 1. The van der Waals surface area contributed by atoms with E-state index < -0.39 is 24.1 Å². The van der Waals surface area contributed by atoms with Crippen molar-refractivity contribution < 1.29 is 18.5 Å². The number of rotatable bonds is 5. The quantitative estimate of drug-likeness (QED) is 0.670. The van der Waals surface area contributed by atoms with Crippen molar-refractivity contribution >= 4 is 19.5 Å². The molecule has 1 heterocycles. The number of aldehydes is 1. The molecule has 2 rings (SSSR count). The lowest BCUT2D eigenvalue weighted by molar-refractivity contribution is 0.00578. The minimum absolute atomic E-state index is 0.0384. The largest absolute Gasteiger partial charge is 0.491 e. The van der Waals surface area contributed by atoms with Gasteiger partial charge in [0.25, 0.3) is 0 Å². The number of hydrogen-bond acceptors (Lipinski definition) is 4. The molecule has 0 unspecified atom stereocenters. The van der Waals surface area contributed by atoms with Crippen molar-refractivity contribution in [2.24, 2.45) is 0 Å². The van der Waals surface area contributed by atoms with Gasteiger partial charge in [0.05, 0.1) is 16.8 Å². The van der Waals surface area contributed by atoms with E-state index in [4.69, 9.17) is 9.31 Å². The first-order valence-electron chi connectivity index (χ1n) is 7.66. The van der Waals surface area contributed by atoms with Gasteiger partial charge in [-0.15, -0.1) is 0 Å². The first-order chi connectivity index (χ1) is 10.7. The molecule has 4 nitrogen and oxygen atoms in total. The SMILES string of the molecule is CNCC(=Cc1cccc(C=O)c1F)B1OC(C)(C)C(C)(C)O1.